The van der Waals surface area contributed by atoms with E-state index < -0.39 is 16.1 Å². The Bertz CT molecular complexity index is 1080. The molecule has 0 aliphatic heterocycles. The molecule has 1 atom stereocenters. The number of aromatic nitrogens is 2. The zero-order valence-corrected chi connectivity index (χ0v) is 17.9. The van der Waals surface area contributed by atoms with Crippen LogP contribution in [0.2, 0.25) is 5.02 Å². The van der Waals surface area contributed by atoms with Gasteiger partial charge in [0.15, 0.2) is 5.82 Å². The van der Waals surface area contributed by atoms with Gasteiger partial charge in [-0.25, -0.2) is 13.1 Å². The van der Waals surface area contributed by atoms with Crippen LogP contribution in [0.3, 0.4) is 0 Å². The molecule has 29 heavy (non-hydrogen) atoms. The Morgan fingerprint density at radius 3 is 2.59 bits per heavy atom. The van der Waals surface area contributed by atoms with Crippen molar-refractivity contribution in [2.75, 3.05) is 7.11 Å². The SMILES string of the molecule is CCCc1noc(-c2cc(S(=O)(=O)NC(C)c3ccc(Cl)cc3)ccc2OC)n1. The number of halogens is 1. The fraction of sp³-hybridized carbons (Fsp3) is 0.300. The smallest absolute Gasteiger partial charge is 0.261 e. The van der Waals surface area contributed by atoms with Crippen molar-refractivity contribution in [2.24, 2.45) is 0 Å². The molecule has 0 spiro atoms. The molecule has 9 heteroatoms. The second-order valence-corrected chi connectivity index (χ2v) is 8.67. The summed E-state index contributed by atoms with van der Waals surface area (Å²) in [4.78, 5) is 4.41. The number of nitrogens with one attached hydrogen (secondary N) is 1. The molecule has 2 aromatic carbocycles. The molecule has 0 aliphatic rings. The molecule has 0 fully saturated rings. The van der Waals surface area contributed by atoms with Crippen LogP contribution in [-0.4, -0.2) is 25.7 Å². The first kappa shape index (κ1) is 21.3. The van der Waals surface area contributed by atoms with E-state index in [2.05, 4.69) is 14.9 Å². The molecular formula is C20H22ClN3O4S. The van der Waals surface area contributed by atoms with Gasteiger partial charge in [0, 0.05) is 17.5 Å². The Morgan fingerprint density at radius 1 is 1.21 bits per heavy atom. The van der Waals surface area contributed by atoms with Gasteiger partial charge in [-0.3, -0.25) is 0 Å². The molecule has 154 valence electrons. The molecule has 1 aromatic heterocycles. The maximum atomic E-state index is 12.9. The molecule has 3 aromatic rings. The number of ether oxygens (including phenoxy) is 1. The van der Waals surface area contributed by atoms with E-state index >= 15 is 0 Å². The first-order valence-corrected chi connectivity index (χ1v) is 11.0. The Kier molecular flexibility index (Phi) is 6.56. The first-order chi connectivity index (χ1) is 13.8. The Morgan fingerprint density at radius 2 is 1.93 bits per heavy atom. The lowest BCUT2D eigenvalue weighted by Gasteiger charge is -2.15. The minimum absolute atomic E-state index is 0.0735. The van der Waals surface area contributed by atoms with Crippen molar-refractivity contribution in [3.05, 3.63) is 58.9 Å². The summed E-state index contributed by atoms with van der Waals surface area (Å²) in [5.74, 6) is 1.22. The lowest BCUT2D eigenvalue weighted by atomic mass is 10.1. The summed E-state index contributed by atoms with van der Waals surface area (Å²) in [5, 5.41) is 4.52. The van der Waals surface area contributed by atoms with Crippen molar-refractivity contribution in [3.63, 3.8) is 0 Å². The third kappa shape index (κ3) is 4.95. The average Bonchev–Trinajstić information content (AvgIpc) is 3.16. The number of hydrogen-bond acceptors (Lipinski definition) is 6. The highest BCUT2D eigenvalue weighted by Crippen LogP contribution is 2.32. The van der Waals surface area contributed by atoms with Gasteiger partial charge in [0.25, 0.3) is 5.89 Å². The van der Waals surface area contributed by atoms with Crippen LogP contribution in [0.5, 0.6) is 5.75 Å². The number of nitrogens with zero attached hydrogens (tertiary/aromatic N) is 2. The van der Waals surface area contributed by atoms with Crippen molar-refractivity contribution in [1.29, 1.82) is 0 Å². The molecule has 0 saturated heterocycles. The number of sulfonamides is 1. The average molecular weight is 436 g/mol. The molecule has 0 radical (unpaired) electrons. The topological polar surface area (TPSA) is 94.3 Å². The molecule has 7 nitrogen and oxygen atoms in total. The van der Waals surface area contributed by atoms with Crippen LogP contribution in [-0.2, 0) is 16.4 Å². The molecule has 0 aliphatic carbocycles. The van der Waals surface area contributed by atoms with Crippen molar-refractivity contribution < 1.29 is 17.7 Å². The summed E-state index contributed by atoms with van der Waals surface area (Å²) in [7, 11) is -2.31. The number of benzene rings is 2. The Hall–Kier alpha value is -2.42. The highest BCUT2D eigenvalue weighted by molar-refractivity contribution is 7.89. The monoisotopic (exact) mass is 435 g/mol. The predicted molar refractivity (Wildman–Crippen MR) is 110 cm³/mol. The van der Waals surface area contributed by atoms with Crippen LogP contribution in [0.1, 0.15) is 37.7 Å². The van der Waals surface area contributed by atoms with E-state index in [1.807, 2.05) is 6.92 Å². The van der Waals surface area contributed by atoms with Crippen molar-refractivity contribution in [1.82, 2.24) is 14.9 Å². The summed E-state index contributed by atoms with van der Waals surface area (Å²) < 4.78 is 39.2. The summed E-state index contributed by atoms with van der Waals surface area (Å²) in [6, 6.07) is 11.1. The van der Waals surface area contributed by atoms with Crippen LogP contribution in [0.25, 0.3) is 11.5 Å². The number of rotatable bonds is 8. The fourth-order valence-electron chi connectivity index (χ4n) is 2.83. The molecule has 1 unspecified atom stereocenters. The van der Waals surface area contributed by atoms with E-state index in [0.29, 0.717) is 28.6 Å². The van der Waals surface area contributed by atoms with Crippen LogP contribution >= 0.6 is 11.6 Å². The molecule has 1 N–H and O–H groups in total. The standard InChI is InChI=1S/C20H22ClN3O4S/c1-4-5-19-22-20(28-23-19)17-12-16(10-11-18(17)27-3)29(25,26)24-13(2)14-6-8-15(21)9-7-14/h6-13,24H,4-5H2,1-3H3. The summed E-state index contributed by atoms with van der Waals surface area (Å²) in [6.07, 6.45) is 1.54. The van der Waals surface area contributed by atoms with Gasteiger partial charge in [-0.15, -0.1) is 0 Å². The van der Waals surface area contributed by atoms with Gasteiger partial charge in [0.05, 0.1) is 17.6 Å². The third-order valence-corrected chi connectivity index (χ3v) is 6.15. The fourth-order valence-corrected chi connectivity index (χ4v) is 4.21. The van der Waals surface area contributed by atoms with E-state index in [1.165, 1.54) is 19.2 Å². The van der Waals surface area contributed by atoms with Crippen LogP contribution in [0, 0.1) is 0 Å². The van der Waals surface area contributed by atoms with Gasteiger partial charge < -0.3 is 9.26 Å². The first-order valence-electron chi connectivity index (χ1n) is 9.13. The largest absolute Gasteiger partial charge is 0.496 e. The van der Waals surface area contributed by atoms with Crippen LogP contribution < -0.4 is 9.46 Å². The van der Waals surface area contributed by atoms with E-state index in [9.17, 15) is 8.42 Å². The quantitative estimate of drug-likeness (QED) is 0.563. The highest BCUT2D eigenvalue weighted by atomic mass is 35.5. The predicted octanol–water partition coefficient (Wildman–Crippen LogP) is 4.39. The highest BCUT2D eigenvalue weighted by Gasteiger charge is 2.22. The molecule has 0 bridgehead atoms. The van der Waals surface area contributed by atoms with Gasteiger partial charge in [-0.05, 0) is 49.2 Å². The Balaban J connectivity index is 1.91. The molecule has 3 rings (SSSR count). The number of aryl methyl sites for hydroxylation is 1. The van der Waals surface area contributed by atoms with Crippen LogP contribution in [0.4, 0.5) is 0 Å². The van der Waals surface area contributed by atoms with Crippen molar-refractivity contribution in [3.8, 4) is 17.2 Å². The number of hydrogen-bond donors (Lipinski definition) is 1. The molecule has 1 heterocycles. The van der Waals surface area contributed by atoms with Crippen molar-refractivity contribution >= 4 is 21.6 Å². The third-order valence-electron chi connectivity index (χ3n) is 4.36. The van der Waals surface area contributed by atoms with Crippen LogP contribution in [0.15, 0.2) is 51.9 Å². The Labute approximate surface area is 175 Å². The zero-order chi connectivity index (χ0) is 21.0. The minimum atomic E-state index is -3.81. The summed E-state index contributed by atoms with van der Waals surface area (Å²) >= 11 is 5.90. The molecule has 0 amide bonds. The lowest BCUT2D eigenvalue weighted by molar-refractivity contribution is 0.402. The second kappa shape index (κ2) is 8.94. The summed E-state index contributed by atoms with van der Waals surface area (Å²) in [6.45, 7) is 3.78. The van der Waals surface area contributed by atoms with E-state index in [1.54, 1.807) is 37.3 Å². The van der Waals surface area contributed by atoms with E-state index in [0.717, 1.165) is 12.0 Å². The second-order valence-electron chi connectivity index (χ2n) is 6.52. The zero-order valence-electron chi connectivity index (χ0n) is 16.3. The van der Waals surface area contributed by atoms with Crippen molar-refractivity contribution in [2.45, 2.75) is 37.6 Å². The molecule has 0 saturated carbocycles. The van der Waals surface area contributed by atoms with E-state index in [4.69, 9.17) is 20.9 Å². The van der Waals surface area contributed by atoms with Gasteiger partial charge in [0.2, 0.25) is 10.0 Å². The van der Waals surface area contributed by atoms with Gasteiger partial charge in [-0.2, -0.15) is 4.98 Å². The minimum Gasteiger partial charge on any atom is -0.496 e. The van der Waals surface area contributed by atoms with E-state index in [-0.39, 0.29) is 10.8 Å². The van der Waals surface area contributed by atoms with Gasteiger partial charge >= 0.3 is 0 Å². The number of methoxy groups -OCH3 is 1. The lowest BCUT2D eigenvalue weighted by Crippen LogP contribution is -2.26. The maximum Gasteiger partial charge on any atom is 0.261 e. The molecular weight excluding hydrogens is 414 g/mol. The maximum absolute atomic E-state index is 12.9. The van der Waals surface area contributed by atoms with Gasteiger partial charge in [-0.1, -0.05) is 35.8 Å². The normalized spacial score (nSPS) is 12.7. The van der Waals surface area contributed by atoms with Gasteiger partial charge in [0.1, 0.15) is 5.75 Å². The summed E-state index contributed by atoms with van der Waals surface area (Å²) in [5.41, 5.74) is 1.22.